The molecule has 1 aromatic rings. The fourth-order valence-electron chi connectivity index (χ4n) is 1.91. The van der Waals surface area contributed by atoms with E-state index < -0.39 is 18.2 Å². The molecule has 0 heterocycles. The SMILES string of the molecule is CCOC(=O)C(F)[C@@H](N)c1c(OC)cc(C)cc1OC. The zero-order valence-electron chi connectivity index (χ0n) is 12.1. The predicted molar refractivity (Wildman–Crippen MR) is 72.7 cm³/mol. The summed E-state index contributed by atoms with van der Waals surface area (Å²) in [5.41, 5.74) is 7.02. The van der Waals surface area contributed by atoms with Crippen LogP contribution in [0.15, 0.2) is 12.1 Å². The van der Waals surface area contributed by atoms with Gasteiger partial charge in [-0.15, -0.1) is 0 Å². The van der Waals surface area contributed by atoms with Crippen LogP contribution in [0.25, 0.3) is 0 Å². The summed E-state index contributed by atoms with van der Waals surface area (Å²) in [7, 11) is 2.89. The molecule has 5 nitrogen and oxygen atoms in total. The molecule has 0 aromatic heterocycles. The highest BCUT2D eigenvalue weighted by atomic mass is 19.1. The highest BCUT2D eigenvalue weighted by molar-refractivity contribution is 5.76. The third-order valence-corrected chi connectivity index (χ3v) is 2.85. The van der Waals surface area contributed by atoms with Crippen molar-refractivity contribution in [1.82, 2.24) is 0 Å². The van der Waals surface area contributed by atoms with Gasteiger partial charge >= 0.3 is 5.97 Å². The number of esters is 1. The number of nitrogens with two attached hydrogens (primary N) is 1. The minimum atomic E-state index is -1.99. The largest absolute Gasteiger partial charge is 0.496 e. The van der Waals surface area contributed by atoms with Crippen molar-refractivity contribution in [3.63, 3.8) is 0 Å². The first-order valence-corrected chi connectivity index (χ1v) is 6.25. The summed E-state index contributed by atoms with van der Waals surface area (Å²) in [6, 6.07) is 2.19. The number of carbonyl (C=O) groups is 1. The third kappa shape index (κ3) is 3.39. The molecule has 0 spiro atoms. The Kier molecular flexibility index (Phi) is 5.76. The molecule has 112 valence electrons. The van der Waals surface area contributed by atoms with Crippen LogP contribution in [-0.2, 0) is 9.53 Å². The van der Waals surface area contributed by atoms with Crippen molar-refractivity contribution in [1.29, 1.82) is 0 Å². The van der Waals surface area contributed by atoms with E-state index in [-0.39, 0.29) is 6.61 Å². The molecule has 0 saturated heterocycles. The van der Waals surface area contributed by atoms with Crippen molar-refractivity contribution in [2.24, 2.45) is 5.73 Å². The molecule has 0 amide bonds. The van der Waals surface area contributed by atoms with E-state index in [0.717, 1.165) is 5.56 Å². The van der Waals surface area contributed by atoms with Crippen molar-refractivity contribution in [3.05, 3.63) is 23.3 Å². The molecule has 1 rings (SSSR count). The van der Waals surface area contributed by atoms with Gasteiger partial charge in [-0.1, -0.05) is 0 Å². The first kappa shape index (κ1) is 16.2. The van der Waals surface area contributed by atoms with Gasteiger partial charge in [0.2, 0.25) is 6.17 Å². The number of hydrogen-bond donors (Lipinski definition) is 1. The monoisotopic (exact) mass is 285 g/mol. The minimum Gasteiger partial charge on any atom is -0.496 e. The average Bonchev–Trinajstić information content (AvgIpc) is 2.44. The van der Waals surface area contributed by atoms with Gasteiger partial charge in [-0.2, -0.15) is 0 Å². The van der Waals surface area contributed by atoms with Gasteiger partial charge < -0.3 is 19.9 Å². The summed E-state index contributed by atoms with van der Waals surface area (Å²) < 4.78 is 29.1. The quantitative estimate of drug-likeness (QED) is 0.808. The van der Waals surface area contributed by atoms with Gasteiger partial charge in [0, 0.05) is 0 Å². The Labute approximate surface area is 117 Å². The maximum absolute atomic E-state index is 14.1. The van der Waals surface area contributed by atoms with Crippen molar-refractivity contribution in [2.45, 2.75) is 26.1 Å². The van der Waals surface area contributed by atoms with Crippen molar-refractivity contribution < 1.29 is 23.4 Å². The van der Waals surface area contributed by atoms with Crippen LogP contribution in [0.4, 0.5) is 4.39 Å². The number of ether oxygens (including phenoxy) is 3. The zero-order valence-corrected chi connectivity index (χ0v) is 12.1. The van der Waals surface area contributed by atoms with Gasteiger partial charge in [-0.05, 0) is 31.5 Å². The van der Waals surface area contributed by atoms with E-state index in [0.29, 0.717) is 17.1 Å². The first-order valence-electron chi connectivity index (χ1n) is 6.25. The van der Waals surface area contributed by atoms with Gasteiger partial charge in [0.15, 0.2) is 0 Å². The third-order valence-electron chi connectivity index (χ3n) is 2.85. The summed E-state index contributed by atoms with van der Waals surface area (Å²) in [5, 5.41) is 0. The van der Waals surface area contributed by atoms with Gasteiger partial charge in [0.05, 0.1) is 32.4 Å². The topological polar surface area (TPSA) is 70.8 Å². The molecule has 0 aliphatic rings. The molecular weight excluding hydrogens is 265 g/mol. The Hall–Kier alpha value is -1.82. The Morgan fingerprint density at radius 2 is 1.80 bits per heavy atom. The molecule has 0 aliphatic carbocycles. The molecule has 1 unspecified atom stereocenters. The average molecular weight is 285 g/mol. The molecule has 0 radical (unpaired) electrons. The van der Waals surface area contributed by atoms with E-state index >= 15 is 0 Å². The highest BCUT2D eigenvalue weighted by Crippen LogP contribution is 2.36. The maximum atomic E-state index is 14.1. The van der Waals surface area contributed by atoms with Crippen LogP contribution in [0, 0.1) is 6.92 Å². The van der Waals surface area contributed by atoms with Crippen molar-refractivity contribution in [3.8, 4) is 11.5 Å². The summed E-state index contributed by atoms with van der Waals surface area (Å²) in [6.45, 7) is 3.54. The molecule has 0 aliphatic heterocycles. The molecule has 2 atom stereocenters. The lowest BCUT2D eigenvalue weighted by Crippen LogP contribution is -2.32. The van der Waals surface area contributed by atoms with E-state index in [9.17, 15) is 9.18 Å². The van der Waals surface area contributed by atoms with Crippen molar-refractivity contribution >= 4 is 5.97 Å². The second-order valence-electron chi connectivity index (χ2n) is 4.26. The Balaban J connectivity index is 3.19. The normalized spacial score (nSPS) is 13.5. The van der Waals surface area contributed by atoms with E-state index in [1.807, 2.05) is 6.92 Å². The first-order chi connectivity index (χ1) is 9.46. The minimum absolute atomic E-state index is 0.0914. The Morgan fingerprint density at radius 1 is 1.30 bits per heavy atom. The standard InChI is InChI=1S/C14H20FNO4/c1-5-20-14(17)12(15)13(16)11-9(18-3)6-8(2)7-10(11)19-4/h6-7,12-13H,5,16H2,1-4H3/t12?,13-/m0/s1. The molecule has 6 heteroatoms. The van der Waals surface area contributed by atoms with Gasteiger partial charge in [0.1, 0.15) is 11.5 Å². The lowest BCUT2D eigenvalue weighted by molar-refractivity contribution is -0.149. The van der Waals surface area contributed by atoms with Crippen LogP contribution >= 0.6 is 0 Å². The van der Waals surface area contributed by atoms with E-state index in [4.69, 9.17) is 15.2 Å². The molecule has 20 heavy (non-hydrogen) atoms. The molecule has 0 bridgehead atoms. The zero-order chi connectivity index (χ0) is 15.3. The van der Waals surface area contributed by atoms with E-state index in [1.54, 1.807) is 19.1 Å². The lowest BCUT2D eigenvalue weighted by atomic mass is 9.99. The summed E-state index contributed by atoms with van der Waals surface area (Å²) in [4.78, 5) is 11.5. The number of hydrogen-bond acceptors (Lipinski definition) is 5. The number of alkyl halides is 1. The number of benzene rings is 1. The number of carbonyl (C=O) groups excluding carboxylic acids is 1. The summed E-state index contributed by atoms with van der Waals surface area (Å²) in [6.07, 6.45) is -1.99. The number of rotatable bonds is 6. The smallest absolute Gasteiger partial charge is 0.342 e. The summed E-state index contributed by atoms with van der Waals surface area (Å²) in [5.74, 6) is -0.243. The number of aryl methyl sites for hydroxylation is 1. The molecule has 2 N–H and O–H groups in total. The molecule has 0 saturated carbocycles. The van der Waals surface area contributed by atoms with E-state index in [2.05, 4.69) is 4.74 Å². The summed E-state index contributed by atoms with van der Waals surface area (Å²) >= 11 is 0. The second-order valence-corrected chi connectivity index (χ2v) is 4.26. The fraction of sp³-hybridized carbons (Fsp3) is 0.500. The van der Waals surface area contributed by atoms with Gasteiger partial charge in [0.25, 0.3) is 0 Å². The van der Waals surface area contributed by atoms with Crippen LogP contribution < -0.4 is 15.2 Å². The van der Waals surface area contributed by atoms with Crippen LogP contribution in [-0.4, -0.2) is 33.0 Å². The number of methoxy groups -OCH3 is 2. The Morgan fingerprint density at radius 3 is 2.20 bits per heavy atom. The highest BCUT2D eigenvalue weighted by Gasteiger charge is 2.32. The lowest BCUT2D eigenvalue weighted by Gasteiger charge is -2.21. The Bertz CT molecular complexity index is 453. The fourth-order valence-corrected chi connectivity index (χ4v) is 1.91. The van der Waals surface area contributed by atoms with Crippen LogP contribution in [0.2, 0.25) is 0 Å². The second kappa shape index (κ2) is 7.09. The molecular formula is C14H20FNO4. The number of halogens is 1. The van der Waals surface area contributed by atoms with Crippen molar-refractivity contribution in [2.75, 3.05) is 20.8 Å². The maximum Gasteiger partial charge on any atom is 0.342 e. The predicted octanol–water partition coefficient (Wildman–Crippen LogP) is 1.91. The van der Waals surface area contributed by atoms with Crippen LogP contribution in [0.1, 0.15) is 24.1 Å². The van der Waals surface area contributed by atoms with Gasteiger partial charge in [-0.25, -0.2) is 9.18 Å². The van der Waals surface area contributed by atoms with Crippen LogP contribution in [0.5, 0.6) is 11.5 Å². The van der Waals surface area contributed by atoms with E-state index in [1.165, 1.54) is 14.2 Å². The van der Waals surface area contributed by atoms with Crippen LogP contribution in [0.3, 0.4) is 0 Å². The molecule has 1 aromatic carbocycles. The molecule has 0 fully saturated rings. The van der Waals surface area contributed by atoms with Gasteiger partial charge in [-0.3, -0.25) is 0 Å².